The molecular formula is C18H21BrN2O2S. The second-order valence-corrected chi connectivity index (χ2v) is 6.50. The molecule has 0 aliphatic heterocycles. The number of halogens is 1. The lowest BCUT2D eigenvalue weighted by Gasteiger charge is -2.21. The molecule has 0 spiro atoms. The van der Waals surface area contributed by atoms with Crippen LogP contribution in [-0.2, 0) is 0 Å². The van der Waals surface area contributed by atoms with Gasteiger partial charge in [0.15, 0.2) is 16.6 Å². The number of hydrogen-bond acceptors (Lipinski definition) is 3. The molecule has 0 bridgehead atoms. The van der Waals surface area contributed by atoms with Crippen LogP contribution in [0, 0.1) is 0 Å². The molecule has 0 fully saturated rings. The van der Waals surface area contributed by atoms with E-state index in [-0.39, 0.29) is 6.04 Å². The molecule has 4 nitrogen and oxygen atoms in total. The minimum Gasteiger partial charge on any atom is -0.493 e. The molecule has 6 heteroatoms. The van der Waals surface area contributed by atoms with Gasteiger partial charge in [-0.25, -0.2) is 0 Å². The standard InChI is InChI=1S/C18H21BrN2O2S/c1-4-15(12-5-10-16(22-2)17(11-12)23-3)21-18(24)20-14-8-6-13(19)7-9-14/h5-11,15H,4H2,1-3H3,(H2,20,21,24)/t15-/m0/s1. The Kier molecular flexibility index (Phi) is 6.87. The maximum absolute atomic E-state index is 5.43. The van der Waals surface area contributed by atoms with Crippen molar-refractivity contribution in [3.05, 3.63) is 52.5 Å². The SMILES string of the molecule is CC[C@H](NC(=S)Nc1ccc(Br)cc1)c1ccc(OC)c(OC)c1. The summed E-state index contributed by atoms with van der Waals surface area (Å²) >= 11 is 8.85. The van der Waals surface area contributed by atoms with E-state index < -0.39 is 0 Å². The van der Waals surface area contributed by atoms with Gasteiger partial charge in [0.05, 0.1) is 20.3 Å². The molecule has 0 unspecified atom stereocenters. The minimum atomic E-state index is 0.0836. The van der Waals surface area contributed by atoms with Crippen molar-refractivity contribution < 1.29 is 9.47 Å². The molecule has 2 aromatic rings. The lowest BCUT2D eigenvalue weighted by atomic mass is 10.0. The van der Waals surface area contributed by atoms with E-state index in [1.54, 1.807) is 14.2 Å². The van der Waals surface area contributed by atoms with Crippen LogP contribution in [0.1, 0.15) is 24.9 Å². The van der Waals surface area contributed by atoms with Crippen LogP contribution in [0.15, 0.2) is 46.9 Å². The van der Waals surface area contributed by atoms with Crippen LogP contribution in [0.3, 0.4) is 0 Å². The van der Waals surface area contributed by atoms with Crippen LogP contribution >= 0.6 is 28.1 Å². The first-order valence-electron chi connectivity index (χ1n) is 7.62. The van der Waals surface area contributed by atoms with E-state index >= 15 is 0 Å². The molecule has 0 aromatic heterocycles. The molecule has 0 amide bonds. The van der Waals surface area contributed by atoms with Crippen LogP contribution < -0.4 is 20.1 Å². The molecule has 1 atom stereocenters. The van der Waals surface area contributed by atoms with E-state index in [0.717, 1.165) is 22.1 Å². The van der Waals surface area contributed by atoms with Crippen molar-refractivity contribution in [1.29, 1.82) is 0 Å². The smallest absolute Gasteiger partial charge is 0.171 e. The van der Waals surface area contributed by atoms with Gasteiger partial charge in [-0.05, 0) is 60.6 Å². The Morgan fingerprint density at radius 2 is 1.75 bits per heavy atom. The summed E-state index contributed by atoms with van der Waals surface area (Å²) in [6.07, 6.45) is 0.887. The third kappa shape index (κ3) is 4.85. The molecule has 128 valence electrons. The molecule has 0 aliphatic carbocycles. The van der Waals surface area contributed by atoms with Crippen molar-refractivity contribution >= 4 is 38.9 Å². The summed E-state index contributed by atoms with van der Waals surface area (Å²) in [6.45, 7) is 2.11. The van der Waals surface area contributed by atoms with Gasteiger partial charge < -0.3 is 20.1 Å². The average Bonchev–Trinajstić information content (AvgIpc) is 2.61. The van der Waals surface area contributed by atoms with Gasteiger partial charge in [-0.2, -0.15) is 0 Å². The van der Waals surface area contributed by atoms with Gasteiger partial charge in [0.1, 0.15) is 0 Å². The van der Waals surface area contributed by atoms with E-state index in [1.807, 2.05) is 42.5 Å². The number of benzene rings is 2. The van der Waals surface area contributed by atoms with Crippen molar-refractivity contribution in [1.82, 2.24) is 5.32 Å². The zero-order valence-electron chi connectivity index (χ0n) is 13.9. The number of methoxy groups -OCH3 is 2. The highest BCUT2D eigenvalue weighted by Crippen LogP contribution is 2.30. The third-order valence-corrected chi connectivity index (χ3v) is 4.37. The van der Waals surface area contributed by atoms with Crippen molar-refractivity contribution in [2.75, 3.05) is 19.5 Å². The first-order valence-corrected chi connectivity index (χ1v) is 8.82. The summed E-state index contributed by atoms with van der Waals surface area (Å²) in [5, 5.41) is 7.13. The van der Waals surface area contributed by atoms with Gasteiger partial charge in [0.25, 0.3) is 0 Å². The molecule has 2 N–H and O–H groups in total. The molecule has 0 saturated carbocycles. The average molecular weight is 409 g/mol. The molecule has 0 radical (unpaired) electrons. The van der Waals surface area contributed by atoms with Crippen molar-refractivity contribution in [2.45, 2.75) is 19.4 Å². The summed E-state index contributed by atoms with van der Waals surface area (Å²) in [4.78, 5) is 0. The van der Waals surface area contributed by atoms with E-state index in [2.05, 4.69) is 33.5 Å². The monoisotopic (exact) mass is 408 g/mol. The molecule has 24 heavy (non-hydrogen) atoms. The number of hydrogen-bond donors (Lipinski definition) is 2. The fourth-order valence-electron chi connectivity index (χ4n) is 2.35. The summed E-state index contributed by atoms with van der Waals surface area (Å²) in [5.41, 5.74) is 2.04. The summed E-state index contributed by atoms with van der Waals surface area (Å²) < 4.78 is 11.7. The van der Waals surface area contributed by atoms with Gasteiger partial charge >= 0.3 is 0 Å². The molecular weight excluding hydrogens is 388 g/mol. The van der Waals surface area contributed by atoms with Crippen LogP contribution in [-0.4, -0.2) is 19.3 Å². The van der Waals surface area contributed by atoms with E-state index in [1.165, 1.54) is 0 Å². The van der Waals surface area contributed by atoms with Crippen molar-refractivity contribution in [3.8, 4) is 11.5 Å². The number of thiocarbonyl (C=S) groups is 1. The Bertz CT molecular complexity index is 692. The van der Waals surface area contributed by atoms with E-state index in [0.29, 0.717) is 16.6 Å². The van der Waals surface area contributed by atoms with Gasteiger partial charge in [0, 0.05) is 10.2 Å². The Hall–Kier alpha value is -1.79. The van der Waals surface area contributed by atoms with Gasteiger partial charge in [-0.3, -0.25) is 0 Å². The first-order chi connectivity index (χ1) is 11.6. The Balaban J connectivity index is 2.08. The largest absolute Gasteiger partial charge is 0.493 e. The second kappa shape index (κ2) is 8.89. The van der Waals surface area contributed by atoms with Crippen LogP contribution in [0.5, 0.6) is 11.5 Å². The fraction of sp³-hybridized carbons (Fsp3) is 0.278. The molecule has 2 aromatic carbocycles. The zero-order chi connectivity index (χ0) is 17.5. The van der Waals surface area contributed by atoms with Gasteiger partial charge in [0.2, 0.25) is 0 Å². The molecule has 2 rings (SSSR count). The van der Waals surface area contributed by atoms with Crippen molar-refractivity contribution in [3.63, 3.8) is 0 Å². The van der Waals surface area contributed by atoms with Crippen LogP contribution in [0.2, 0.25) is 0 Å². The number of ether oxygens (including phenoxy) is 2. The first kappa shape index (κ1) is 18.5. The van der Waals surface area contributed by atoms with E-state index in [4.69, 9.17) is 21.7 Å². The number of anilines is 1. The van der Waals surface area contributed by atoms with Crippen LogP contribution in [0.25, 0.3) is 0 Å². The zero-order valence-corrected chi connectivity index (χ0v) is 16.3. The predicted molar refractivity (Wildman–Crippen MR) is 106 cm³/mol. The van der Waals surface area contributed by atoms with E-state index in [9.17, 15) is 0 Å². The normalized spacial score (nSPS) is 11.5. The third-order valence-electron chi connectivity index (χ3n) is 3.63. The molecule has 0 aliphatic rings. The summed E-state index contributed by atoms with van der Waals surface area (Å²) in [6, 6.07) is 13.9. The highest BCUT2D eigenvalue weighted by molar-refractivity contribution is 9.10. The van der Waals surface area contributed by atoms with Gasteiger partial charge in [-0.1, -0.05) is 28.9 Å². The Labute approximate surface area is 156 Å². The fourth-order valence-corrected chi connectivity index (χ4v) is 2.87. The summed E-state index contributed by atoms with van der Waals surface area (Å²) in [5.74, 6) is 1.42. The maximum atomic E-state index is 5.43. The topological polar surface area (TPSA) is 42.5 Å². The maximum Gasteiger partial charge on any atom is 0.171 e. The molecule has 0 heterocycles. The quantitative estimate of drug-likeness (QED) is 0.664. The summed E-state index contributed by atoms with van der Waals surface area (Å²) in [7, 11) is 3.26. The Morgan fingerprint density at radius 1 is 1.08 bits per heavy atom. The Morgan fingerprint density at radius 3 is 2.33 bits per heavy atom. The predicted octanol–water partition coefficient (Wildman–Crippen LogP) is 4.90. The van der Waals surface area contributed by atoms with Crippen molar-refractivity contribution in [2.24, 2.45) is 0 Å². The van der Waals surface area contributed by atoms with Crippen LogP contribution in [0.4, 0.5) is 5.69 Å². The second-order valence-electron chi connectivity index (χ2n) is 5.18. The minimum absolute atomic E-state index is 0.0836. The molecule has 0 saturated heterocycles. The lowest BCUT2D eigenvalue weighted by Crippen LogP contribution is -2.32. The number of rotatable bonds is 6. The number of nitrogens with one attached hydrogen (secondary N) is 2. The highest BCUT2D eigenvalue weighted by atomic mass is 79.9. The highest BCUT2D eigenvalue weighted by Gasteiger charge is 2.14. The lowest BCUT2D eigenvalue weighted by molar-refractivity contribution is 0.354. The van der Waals surface area contributed by atoms with Gasteiger partial charge in [-0.15, -0.1) is 0 Å².